The van der Waals surface area contributed by atoms with Crippen molar-refractivity contribution in [3.63, 3.8) is 0 Å². The second-order valence-electron chi connectivity index (χ2n) is 5.98. The fraction of sp³-hybridized carbons (Fsp3) is 0.615. The van der Waals surface area contributed by atoms with Crippen molar-refractivity contribution in [2.45, 2.75) is 52.4 Å². The molecule has 86 valence electrons. The molecule has 0 aliphatic carbocycles. The van der Waals surface area contributed by atoms with E-state index in [1.165, 1.54) is 11.4 Å². The number of hydrogen-bond donors (Lipinski definition) is 0. The summed E-state index contributed by atoms with van der Waals surface area (Å²) in [5, 5.41) is 0. The molecule has 0 fully saturated rings. The van der Waals surface area contributed by atoms with E-state index < -0.39 is 0 Å². The summed E-state index contributed by atoms with van der Waals surface area (Å²) in [5.74, 6) is 0. The van der Waals surface area contributed by atoms with Crippen LogP contribution in [0.1, 0.15) is 52.9 Å². The first-order chi connectivity index (χ1) is 6.21. The quantitative estimate of drug-likeness (QED) is 0.597. The molecule has 0 spiro atoms. The fourth-order valence-electron chi connectivity index (χ4n) is 1.34. The lowest BCUT2D eigenvalue weighted by atomic mass is 9.88. The largest absolute Gasteiger partial charge is 1.00 e. The SMILES string of the molecule is CC(C)(C)c1cccc(C(C)(C)C)[nH+]1.[Cl-]. The molecule has 0 radical (unpaired) electrons. The molecule has 0 aliphatic rings. The molecular weight excluding hydrogens is 206 g/mol. The summed E-state index contributed by atoms with van der Waals surface area (Å²) in [7, 11) is 0. The van der Waals surface area contributed by atoms with Crippen molar-refractivity contribution < 1.29 is 17.4 Å². The number of halogens is 1. The molecule has 0 amide bonds. The van der Waals surface area contributed by atoms with Crippen LogP contribution in [0.5, 0.6) is 0 Å². The third kappa shape index (κ3) is 3.83. The number of nitrogens with one attached hydrogen (secondary N) is 1. The van der Waals surface area contributed by atoms with Gasteiger partial charge in [-0.3, -0.25) is 0 Å². The minimum Gasteiger partial charge on any atom is -1.00 e. The first-order valence-electron chi connectivity index (χ1n) is 5.24. The van der Waals surface area contributed by atoms with Crippen molar-refractivity contribution in [2.24, 2.45) is 0 Å². The van der Waals surface area contributed by atoms with Crippen molar-refractivity contribution in [3.05, 3.63) is 29.6 Å². The highest BCUT2D eigenvalue weighted by molar-refractivity contribution is 5.14. The number of aromatic nitrogens is 1. The number of aromatic amines is 1. The van der Waals surface area contributed by atoms with Crippen LogP contribution in [0.3, 0.4) is 0 Å². The fourth-order valence-corrected chi connectivity index (χ4v) is 1.34. The molecule has 1 nitrogen and oxygen atoms in total. The van der Waals surface area contributed by atoms with E-state index in [0.717, 1.165) is 0 Å². The predicted octanol–water partition coefficient (Wildman–Crippen LogP) is 0.0997. The minimum absolute atomic E-state index is 0. The molecule has 0 saturated carbocycles. The number of H-pyrrole nitrogens is 1. The van der Waals surface area contributed by atoms with Gasteiger partial charge in [-0.25, -0.2) is 4.98 Å². The molecule has 0 unspecified atom stereocenters. The molecule has 0 atom stereocenters. The zero-order chi connectivity index (χ0) is 11.0. The Kier molecular flexibility index (Phi) is 4.36. The summed E-state index contributed by atoms with van der Waals surface area (Å²) in [4.78, 5) is 3.52. The number of pyridine rings is 1. The zero-order valence-electron chi connectivity index (χ0n) is 10.6. The van der Waals surface area contributed by atoms with Crippen LogP contribution >= 0.6 is 0 Å². The lowest BCUT2D eigenvalue weighted by molar-refractivity contribution is -0.414. The predicted molar refractivity (Wildman–Crippen MR) is 60.4 cm³/mol. The van der Waals surface area contributed by atoms with Gasteiger partial charge in [-0.2, -0.15) is 0 Å². The van der Waals surface area contributed by atoms with E-state index in [4.69, 9.17) is 0 Å². The molecule has 0 saturated heterocycles. The third-order valence-electron chi connectivity index (χ3n) is 2.41. The van der Waals surface area contributed by atoms with Gasteiger partial charge in [0.2, 0.25) is 0 Å². The Morgan fingerprint density at radius 3 is 1.40 bits per heavy atom. The average Bonchev–Trinajstić information content (AvgIpc) is 2.01. The maximum Gasteiger partial charge on any atom is 0.185 e. The van der Waals surface area contributed by atoms with Gasteiger partial charge in [0.15, 0.2) is 11.4 Å². The van der Waals surface area contributed by atoms with Gasteiger partial charge >= 0.3 is 0 Å². The molecule has 0 aromatic carbocycles. The van der Waals surface area contributed by atoms with Gasteiger partial charge in [0.05, 0.1) is 0 Å². The van der Waals surface area contributed by atoms with Crippen molar-refractivity contribution in [1.29, 1.82) is 0 Å². The van der Waals surface area contributed by atoms with Gasteiger partial charge in [0.1, 0.15) is 0 Å². The van der Waals surface area contributed by atoms with E-state index >= 15 is 0 Å². The topological polar surface area (TPSA) is 14.1 Å². The van der Waals surface area contributed by atoms with Gasteiger partial charge in [-0.05, 0) is 6.07 Å². The standard InChI is InChI=1S/C13H21N.ClH/c1-12(2,3)10-8-7-9-11(14-10)13(4,5)6;/h7-9H,1-6H3;1H. The van der Waals surface area contributed by atoms with E-state index in [9.17, 15) is 0 Å². The highest BCUT2D eigenvalue weighted by Crippen LogP contribution is 2.21. The van der Waals surface area contributed by atoms with E-state index in [2.05, 4.69) is 64.7 Å². The molecule has 0 bridgehead atoms. The smallest absolute Gasteiger partial charge is 0.185 e. The van der Waals surface area contributed by atoms with E-state index in [0.29, 0.717) is 0 Å². The van der Waals surface area contributed by atoms with Crippen molar-refractivity contribution in [2.75, 3.05) is 0 Å². The second kappa shape index (κ2) is 4.52. The second-order valence-corrected chi connectivity index (χ2v) is 5.98. The van der Waals surface area contributed by atoms with Crippen LogP contribution in [-0.2, 0) is 10.8 Å². The van der Waals surface area contributed by atoms with Crippen LogP contribution in [0.2, 0.25) is 0 Å². The van der Waals surface area contributed by atoms with Gasteiger partial charge in [0.25, 0.3) is 0 Å². The van der Waals surface area contributed by atoms with E-state index in [-0.39, 0.29) is 23.2 Å². The maximum absolute atomic E-state index is 3.52. The highest BCUT2D eigenvalue weighted by atomic mass is 35.5. The van der Waals surface area contributed by atoms with Crippen LogP contribution < -0.4 is 17.4 Å². The van der Waals surface area contributed by atoms with E-state index in [1.807, 2.05) is 0 Å². The Labute approximate surface area is 99.7 Å². The molecule has 2 heteroatoms. The summed E-state index contributed by atoms with van der Waals surface area (Å²) in [6.07, 6.45) is 0. The Morgan fingerprint density at radius 1 is 0.800 bits per heavy atom. The first-order valence-corrected chi connectivity index (χ1v) is 5.24. The van der Waals surface area contributed by atoms with Crippen molar-refractivity contribution >= 4 is 0 Å². The minimum atomic E-state index is 0. The maximum atomic E-state index is 3.52. The monoisotopic (exact) mass is 227 g/mol. The van der Waals surface area contributed by atoms with Crippen LogP contribution in [0.4, 0.5) is 0 Å². The third-order valence-corrected chi connectivity index (χ3v) is 2.41. The van der Waals surface area contributed by atoms with Gasteiger partial charge in [-0.15, -0.1) is 0 Å². The zero-order valence-corrected chi connectivity index (χ0v) is 11.4. The molecule has 1 N–H and O–H groups in total. The summed E-state index contributed by atoms with van der Waals surface area (Å²) in [6, 6.07) is 6.46. The van der Waals surface area contributed by atoms with Gasteiger partial charge in [-0.1, -0.05) is 41.5 Å². The van der Waals surface area contributed by atoms with Gasteiger partial charge < -0.3 is 12.4 Å². The molecule has 1 aromatic heterocycles. The Balaban J connectivity index is 0.00000196. The molecule has 1 heterocycles. The molecule has 1 aromatic rings. The Morgan fingerprint density at radius 2 is 1.13 bits per heavy atom. The highest BCUT2D eigenvalue weighted by Gasteiger charge is 2.26. The van der Waals surface area contributed by atoms with Crippen molar-refractivity contribution in [1.82, 2.24) is 0 Å². The van der Waals surface area contributed by atoms with E-state index in [1.54, 1.807) is 0 Å². The molecule has 0 aliphatic heterocycles. The Hall–Kier alpha value is -0.560. The van der Waals surface area contributed by atoms with Crippen LogP contribution in [-0.4, -0.2) is 0 Å². The number of hydrogen-bond acceptors (Lipinski definition) is 0. The lowest BCUT2D eigenvalue weighted by Crippen LogP contribution is -3.00. The first kappa shape index (κ1) is 14.4. The normalized spacial score (nSPS) is 12.1. The summed E-state index contributed by atoms with van der Waals surface area (Å²) >= 11 is 0. The summed E-state index contributed by atoms with van der Waals surface area (Å²) < 4.78 is 0. The van der Waals surface area contributed by atoms with Crippen LogP contribution in [0.15, 0.2) is 18.2 Å². The van der Waals surface area contributed by atoms with Crippen LogP contribution in [0.25, 0.3) is 0 Å². The molecule has 1 rings (SSSR count). The number of rotatable bonds is 0. The molecular formula is C13H22ClN. The molecule has 15 heavy (non-hydrogen) atoms. The Bertz CT molecular complexity index is 289. The van der Waals surface area contributed by atoms with Crippen LogP contribution in [0, 0.1) is 0 Å². The van der Waals surface area contributed by atoms with Gasteiger partial charge in [0, 0.05) is 23.0 Å². The average molecular weight is 228 g/mol. The summed E-state index contributed by atoms with van der Waals surface area (Å²) in [6.45, 7) is 13.4. The lowest BCUT2D eigenvalue weighted by Gasteiger charge is -2.17. The summed E-state index contributed by atoms with van der Waals surface area (Å²) in [5.41, 5.74) is 2.98. The van der Waals surface area contributed by atoms with Crippen molar-refractivity contribution in [3.8, 4) is 0 Å².